The number of anilines is 1. The number of nitrogens with two attached hydrogens (primary N) is 1. The first-order valence-corrected chi connectivity index (χ1v) is 11.2. The van der Waals surface area contributed by atoms with Crippen LogP contribution in [0.25, 0.3) is 0 Å². The van der Waals surface area contributed by atoms with E-state index in [4.69, 9.17) is 5.14 Å². The Morgan fingerprint density at radius 2 is 2.07 bits per heavy atom. The second-order valence-corrected chi connectivity index (χ2v) is 9.26. The van der Waals surface area contributed by atoms with E-state index in [0.717, 1.165) is 35.9 Å². The van der Waals surface area contributed by atoms with Crippen LogP contribution in [0.4, 0.5) is 5.69 Å². The fraction of sp³-hybridized carbons (Fsp3) is 0.444. The molecule has 3 N–H and O–H groups in total. The van der Waals surface area contributed by atoms with Gasteiger partial charge in [-0.1, -0.05) is 31.2 Å². The normalized spacial score (nSPS) is 12.8. The second kappa shape index (κ2) is 8.90. The molecule has 1 heterocycles. The Balaban J connectivity index is 2.12. The van der Waals surface area contributed by atoms with Gasteiger partial charge in [-0.3, -0.25) is 4.79 Å². The van der Waals surface area contributed by atoms with Crippen LogP contribution in [0.1, 0.15) is 38.1 Å². The molecule has 1 aromatic heterocycles. The van der Waals surface area contributed by atoms with E-state index in [-0.39, 0.29) is 10.8 Å². The number of aromatic nitrogens is 2. The minimum atomic E-state index is -3.82. The minimum absolute atomic E-state index is 0.0398. The summed E-state index contributed by atoms with van der Waals surface area (Å²) >= 11 is 1.39. The smallest absolute Gasteiger partial charge is 0.238 e. The van der Waals surface area contributed by atoms with E-state index in [1.165, 1.54) is 30.0 Å². The molecule has 9 heteroatoms. The number of carbonyl (C=O) groups is 1. The number of sulfonamides is 1. The van der Waals surface area contributed by atoms with Gasteiger partial charge in [-0.15, -0.1) is 0 Å². The van der Waals surface area contributed by atoms with Crippen molar-refractivity contribution >= 4 is 33.4 Å². The Hall–Kier alpha value is -1.84. The molecule has 0 spiro atoms. The molecular weight excluding hydrogens is 384 g/mol. The molecule has 0 bridgehead atoms. The first-order chi connectivity index (χ1) is 12.6. The van der Waals surface area contributed by atoms with Gasteiger partial charge in [0.05, 0.1) is 15.8 Å². The third-order valence-corrected chi connectivity index (χ3v) is 6.24. The van der Waals surface area contributed by atoms with Crippen LogP contribution in [0.15, 0.2) is 34.3 Å². The SMILES string of the molecule is CCCCn1c(SC(C)C(=O)Nc2cccc(S(N)(=O)=O)c2)nc(C)c1C. The summed E-state index contributed by atoms with van der Waals surface area (Å²) in [6.45, 7) is 8.80. The summed E-state index contributed by atoms with van der Waals surface area (Å²) in [6, 6.07) is 5.90. The van der Waals surface area contributed by atoms with Crippen LogP contribution in [0.3, 0.4) is 0 Å². The lowest BCUT2D eigenvalue weighted by atomic mass is 10.3. The highest BCUT2D eigenvalue weighted by atomic mass is 32.2. The van der Waals surface area contributed by atoms with Gasteiger partial charge in [-0.05, 0) is 45.4 Å². The van der Waals surface area contributed by atoms with Gasteiger partial charge < -0.3 is 9.88 Å². The number of hydrogen-bond acceptors (Lipinski definition) is 5. The van der Waals surface area contributed by atoms with E-state index < -0.39 is 15.3 Å². The lowest BCUT2D eigenvalue weighted by molar-refractivity contribution is -0.115. The zero-order valence-corrected chi connectivity index (χ0v) is 17.7. The van der Waals surface area contributed by atoms with Crippen molar-refractivity contribution in [3.8, 4) is 0 Å². The van der Waals surface area contributed by atoms with Crippen LogP contribution >= 0.6 is 11.8 Å². The summed E-state index contributed by atoms with van der Waals surface area (Å²) in [6.07, 6.45) is 2.13. The highest BCUT2D eigenvalue weighted by molar-refractivity contribution is 8.00. The predicted molar refractivity (Wildman–Crippen MR) is 108 cm³/mol. The predicted octanol–water partition coefficient (Wildman–Crippen LogP) is 3.07. The number of carbonyl (C=O) groups excluding carboxylic acids is 1. The van der Waals surface area contributed by atoms with E-state index in [1.807, 2.05) is 13.8 Å². The van der Waals surface area contributed by atoms with E-state index in [1.54, 1.807) is 13.0 Å². The zero-order valence-electron chi connectivity index (χ0n) is 16.0. The molecule has 0 fully saturated rings. The minimum Gasteiger partial charge on any atom is -0.325 e. The zero-order chi connectivity index (χ0) is 20.2. The number of nitrogens with zero attached hydrogens (tertiary/aromatic N) is 2. The average molecular weight is 411 g/mol. The van der Waals surface area contributed by atoms with Gasteiger partial charge in [-0.25, -0.2) is 18.5 Å². The van der Waals surface area contributed by atoms with Gasteiger partial charge in [0.1, 0.15) is 0 Å². The van der Waals surface area contributed by atoms with E-state index in [2.05, 4.69) is 21.8 Å². The molecular formula is C18H26N4O3S2. The lowest BCUT2D eigenvalue weighted by Crippen LogP contribution is -2.23. The third kappa shape index (κ3) is 5.57. The van der Waals surface area contributed by atoms with Gasteiger partial charge in [0, 0.05) is 17.9 Å². The van der Waals surface area contributed by atoms with Gasteiger partial charge in [0.25, 0.3) is 0 Å². The molecule has 1 aromatic carbocycles. The number of hydrogen-bond donors (Lipinski definition) is 2. The quantitative estimate of drug-likeness (QED) is 0.650. The average Bonchev–Trinajstić information content (AvgIpc) is 2.86. The monoisotopic (exact) mass is 410 g/mol. The Morgan fingerprint density at radius 3 is 2.70 bits per heavy atom. The maximum Gasteiger partial charge on any atom is 0.238 e. The molecule has 0 saturated carbocycles. The number of primary sulfonamides is 1. The largest absolute Gasteiger partial charge is 0.325 e. The number of thioether (sulfide) groups is 1. The van der Waals surface area contributed by atoms with Gasteiger partial charge in [0.15, 0.2) is 5.16 Å². The third-order valence-electron chi connectivity index (χ3n) is 4.24. The van der Waals surface area contributed by atoms with E-state index in [9.17, 15) is 13.2 Å². The van der Waals surface area contributed by atoms with Gasteiger partial charge >= 0.3 is 0 Å². The van der Waals surface area contributed by atoms with Crippen LogP contribution in [-0.2, 0) is 21.4 Å². The summed E-state index contributed by atoms with van der Waals surface area (Å²) in [5.41, 5.74) is 2.46. The maximum absolute atomic E-state index is 12.5. The summed E-state index contributed by atoms with van der Waals surface area (Å²) in [5.74, 6) is -0.230. The fourth-order valence-electron chi connectivity index (χ4n) is 2.50. The van der Waals surface area contributed by atoms with Crippen LogP contribution in [0.2, 0.25) is 0 Å². The van der Waals surface area contributed by atoms with Crippen LogP contribution < -0.4 is 10.5 Å². The van der Waals surface area contributed by atoms with Gasteiger partial charge in [0.2, 0.25) is 15.9 Å². The molecule has 27 heavy (non-hydrogen) atoms. The summed E-state index contributed by atoms with van der Waals surface area (Å²) in [7, 11) is -3.82. The molecule has 7 nitrogen and oxygen atoms in total. The molecule has 2 aromatic rings. The topological polar surface area (TPSA) is 107 Å². The standard InChI is InChI=1S/C18H26N4O3S2/c1-5-6-10-22-13(3)12(2)20-18(22)26-14(4)17(23)21-15-8-7-9-16(11-15)27(19,24)25/h7-9,11,14H,5-6,10H2,1-4H3,(H,21,23)(H2,19,24,25). The Kier molecular flexibility index (Phi) is 7.07. The molecule has 0 saturated heterocycles. The molecule has 2 rings (SSSR count). The maximum atomic E-state index is 12.5. The van der Waals surface area contributed by atoms with Crippen molar-refractivity contribution < 1.29 is 13.2 Å². The van der Waals surface area contributed by atoms with Crippen molar-refractivity contribution in [2.45, 2.75) is 62.4 Å². The Bertz CT molecular complexity index is 923. The van der Waals surface area contributed by atoms with E-state index in [0.29, 0.717) is 5.69 Å². The molecule has 1 amide bonds. The molecule has 1 atom stereocenters. The number of nitrogens with one attached hydrogen (secondary N) is 1. The number of unbranched alkanes of at least 4 members (excludes halogenated alkanes) is 1. The van der Waals surface area contributed by atoms with Crippen LogP contribution in [0.5, 0.6) is 0 Å². The lowest BCUT2D eigenvalue weighted by Gasteiger charge is -2.14. The fourth-order valence-corrected chi connectivity index (χ4v) is 4.09. The number of benzene rings is 1. The molecule has 0 aliphatic carbocycles. The molecule has 1 unspecified atom stereocenters. The molecule has 148 valence electrons. The first kappa shape index (κ1) is 21.5. The highest BCUT2D eigenvalue weighted by Gasteiger charge is 2.20. The van der Waals surface area contributed by atoms with Crippen molar-refractivity contribution in [2.75, 3.05) is 5.32 Å². The van der Waals surface area contributed by atoms with Gasteiger partial charge in [-0.2, -0.15) is 0 Å². The highest BCUT2D eigenvalue weighted by Crippen LogP contribution is 2.26. The molecule has 0 aliphatic rings. The van der Waals surface area contributed by atoms with Crippen molar-refractivity contribution in [2.24, 2.45) is 5.14 Å². The van der Waals surface area contributed by atoms with Crippen molar-refractivity contribution in [3.05, 3.63) is 35.7 Å². The van der Waals surface area contributed by atoms with Crippen molar-refractivity contribution in [1.82, 2.24) is 9.55 Å². The first-order valence-electron chi connectivity index (χ1n) is 8.77. The number of amides is 1. The summed E-state index contributed by atoms with van der Waals surface area (Å²) < 4.78 is 25.1. The molecule has 0 radical (unpaired) electrons. The second-order valence-electron chi connectivity index (χ2n) is 6.39. The molecule has 0 aliphatic heterocycles. The number of aryl methyl sites for hydroxylation is 1. The Labute approximate surface area is 164 Å². The Morgan fingerprint density at radius 1 is 1.37 bits per heavy atom. The van der Waals surface area contributed by atoms with E-state index >= 15 is 0 Å². The summed E-state index contributed by atoms with van der Waals surface area (Å²) in [5, 5.41) is 8.30. The van der Waals surface area contributed by atoms with Crippen LogP contribution in [-0.4, -0.2) is 29.1 Å². The van der Waals surface area contributed by atoms with Crippen molar-refractivity contribution in [1.29, 1.82) is 0 Å². The van der Waals surface area contributed by atoms with Crippen molar-refractivity contribution in [3.63, 3.8) is 0 Å². The number of rotatable bonds is 8. The summed E-state index contributed by atoms with van der Waals surface area (Å²) in [4.78, 5) is 17.1. The van der Waals surface area contributed by atoms with Crippen LogP contribution in [0, 0.1) is 13.8 Å². The number of imidazole rings is 1.